The van der Waals surface area contributed by atoms with Gasteiger partial charge in [-0.3, -0.25) is 9.78 Å². The van der Waals surface area contributed by atoms with E-state index in [9.17, 15) is 15.0 Å². The van der Waals surface area contributed by atoms with Gasteiger partial charge in [-0.15, -0.1) is 0 Å². The number of benzene rings is 1. The number of hydrogen-bond acceptors (Lipinski definition) is 9. The number of aromatic nitrogens is 3. The van der Waals surface area contributed by atoms with Gasteiger partial charge in [0.2, 0.25) is 11.7 Å². The van der Waals surface area contributed by atoms with Gasteiger partial charge in [-0.1, -0.05) is 30.1 Å². The first-order chi connectivity index (χ1) is 16.2. The van der Waals surface area contributed by atoms with Gasteiger partial charge in [0.1, 0.15) is 12.7 Å². The van der Waals surface area contributed by atoms with Crippen LogP contribution in [-0.2, 0) is 11.2 Å². The van der Waals surface area contributed by atoms with Crippen LogP contribution in [0.15, 0.2) is 28.8 Å². The molecule has 10 nitrogen and oxygen atoms in total. The number of ether oxygens (including phenoxy) is 2. The van der Waals surface area contributed by atoms with Crippen LogP contribution in [0.3, 0.4) is 0 Å². The number of rotatable bonds is 11. The normalized spacial score (nSPS) is 12.9. The maximum absolute atomic E-state index is 10.9. The zero-order valence-corrected chi connectivity index (χ0v) is 19.9. The standard InChI is InChI=1S/C23H27ClN4O6/c1-4-5-15-7-14(6-12(2)26-15)23-27-22(28-34-23)13-8-17(24)20(19(9-13)32-3)33-11-16(29)10-18(30)21(25)31/h6-9,16,18,29-30H,4-5,10-11H2,1-3H3,(H2,25,31)/t16-,18?/m1/s1. The highest BCUT2D eigenvalue weighted by Gasteiger charge is 2.21. The van der Waals surface area contributed by atoms with Crippen molar-refractivity contribution in [2.24, 2.45) is 5.73 Å². The fourth-order valence-electron chi connectivity index (χ4n) is 3.31. The molecule has 2 aromatic heterocycles. The highest BCUT2D eigenvalue weighted by Crippen LogP contribution is 2.39. The van der Waals surface area contributed by atoms with Gasteiger partial charge in [-0.05, 0) is 37.6 Å². The molecule has 0 radical (unpaired) electrons. The highest BCUT2D eigenvalue weighted by atomic mass is 35.5. The minimum atomic E-state index is -1.48. The lowest BCUT2D eigenvalue weighted by atomic mass is 10.1. The van der Waals surface area contributed by atoms with E-state index >= 15 is 0 Å². The fourth-order valence-corrected chi connectivity index (χ4v) is 3.58. The average molecular weight is 491 g/mol. The Morgan fingerprint density at radius 3 is 2.65 bits per heavy atom. The molecule has 2 atom stereocenters. The molecule has 3 rings (SSSR count). The van der Waals surface area contributed by atoms with Crippen molar-refractivity contribution in [1.82, 2.24) is 15.1 Å². The lowest BCUT2D eigenvalue weighted by molar-refractivity contribution is -0.127. The van der Waals surface area contributed by atoms with Gasteiger partial charge in [0.05, 0.1) is 18.2 Å². The maximum Gasteiger partial charge on any atom is 0.258 e. The largest absolute Gasteiger partial charge is 0.493 e. The third kappa shape index (κ3) is 6.22. The maximum atomic E-state index is 10.9. The summed E-state index contributed by atoms with van der Waals surface area (Å²) in [6.45, 7) is 3.76. The summed E-state index contributed by atoms with van der Waals surface area (Å²) in [7, 11) is 1.44. The number of nitrogens with two attached hydrogens (primary N) is 1. The van der Waals surface area contributed by atoms with Crippen molar-refractivity contribution in [1.29, 1.82) is 0 Å². The average Bonchev–Trinajstić information content (AvgIpc) is 3.28. The van der Waals surface area contributed by atoms with Crippen molar-refractivity contribution >= 4 is 17.5 Å². The van der Waals surface area contributed by atoms with Gasteiger partial charge in [0, 0.05) is 28.9 Å². The number of halogens is 1. The lowest BCUT2D eigenvalue weighted by Gasteiger charge is -2.17. The van der Waals surface area contributed by atoms with Crippen molar-refractivity contribution in [3.63, 3.8) is 0 Å². The second-order valence-corrected chi connectivity index (χ2v) is 8.18. The molecule has 34 heavy (non-hydrogen) atoms. The van der Waals surface area contributed by atoms with E-state index < -0.39 is 18.1 Å². The number of hydrogen-bond donors (Lipinski definition) is 3. The number of methoxy groups -OCH3 is 1. The molecule has 2 heterocycles. The van der Waals surface area contributed by atoms with Crippen LogP contribution in [0.1, 0.15) is 31.2 Å². The number of amides is 1. The summed E-state index contributed by atoms with van der Waals surface area (Å²) in [5, 5.41) is 23.7. The van der Waals surface area contributed by atoms with E-state index in [1.165, 1.54) is 7.11 Å². The molecular formula is C23H27ClN4O6. The second kappa shape index (κ2) is 11.3. The molecule has 0 bridgehead atoms. The van der Waals surface area contributed by atoms with Gasteiger partial charge in [-0.2, -0.15) is 4.98 Å². The molecule has 1 unspecified atom stereocenters. The first-order valence-corrected chi connectivity index (χ1v) is 11.1. The van der Waals surface area contributed by atoms with Crippen LogP contribution in [-0.4, -0.2) is 57.2 Å². The molecule has 1 amide bonds. The monoisotopic (exact) mass is 490 g/mol. The molecule has 0 saturated heterocycles. The Morgan fingerprint density at radius 2 is 1.97 bits per heavy atom. The van der Waals surface area contributed by atoms with Crippen molar-refractivity contribution in [2.45, 2.75) is 45.3 Å². The van der Waals surface area contributed by atoms with Crippen LogP contribution >= 0.6 is 11.6 Å². The van der Waals surface area contributed by atoms with E-state index in [1.807, 2.05) is 19.1 Å². The van der Waals surface area contributed by atoms with E-state index in [1.54, 1.807) is 12.1 Å². The van der Waals surface area contributed by atoms with Crippen LogP contribution in [0.25, 0.3) is 22.8 Å². The van der Waals surface area contributed by atoms with E-state index in [0.29, 0.717) is 17.3 Å². The Balaban J connectivity index is 1.81. The van der Waals surface area contributed by atoms with Crippen LogP contribution in [0.5, 0.6) is 11.5 Å². The summed E-state index contributed by atoms with van der Waals surface area (Å²) in [5.41, 5.74) is 8.12. The van der Waals surface area contributed by atoms with E-state index in [2.05, 4.69) is 22.0 Å². The Morgan fingerprint density at radius 1 is 1.21 bits per heavy atom. The Hall–Kier alpha value is -3.21. The molecule has 0 aliphatic carbocycles. The van der Waals surface area contributed by atoms with Crippen LogP contribution < -0.4 is 15.2 Å². The zero-order chi connectivity index (χ0) is 24.8. The molecule has 182 valence electrons. The summed E-state index contributed by atoms with van der Waals surface area (Å²) in [4.78, 5) is 20.0. The predicted molar refractivity (Wildman–Crippen MR) is 125 cm³/mol. The van der Waals surface area contributed by atoms with Crippen LogP contribution in [0.4, 0.5) is 0 Å². The highest BCUT2D eigenvalue weighted by molar-refractivity contribution is 6.32. The molecular weight excluding hydrogens is 464 g/mol. The van der Waals surface area contributed by atoms with E-state index in [0.717, 1.165) is 29.8 Å². The summed E-state index contributed by atoms with van der Waals surface area (Å²) >= 11 is 6.40. The molecule has 0 aliphatic heterocycles. The Kier molecular flexibility index (Phi) is 8.43. The molecule has 11 heteroatoms. The molecule has 0 aliphatic rings. The van der Waals surface area contributed by atoms with Crippen molar-refractivity contribution in [2.75, 3.05) is 13.7 Å². The topological polar surface area (TPSA) is 154 Å². The van der Waals surface area contributed by atoms with Gasteiger partial charge in [0.15, 0.2) is 11.5 Å². The first kappa shape index (κ1) is 25.4. The quantitative estimate of drug-likeness (QED) is 0.368. The first-order valence-electron chi connectivity index (χ1n) is 10.7. The molecule has 0 spiro atoms. The lowest BCUT2D eigenvalue weighted by Crippen LogP contribution is -2.33. The fraction of sp³-hybridized carbons (Fsp3) is 0.391. The zero-order valence-electron chi connectivity index (χ0n) is 19.1. The van der Waals surface area contributed by atoms with Crippen molar-refractivity contribution in [3.05, 3.63) is 40.7 Å². The molecule has 3 aromatic rings. The van der Waals surface area contributed by atoms with E-state index in [4.69, 9.17) is 31.3 Å². The summed E-state index contributed by atoms with van der Waals surface area (Å²) < 4.78 is 16.4. The smallest absolute Gasteiger partial charge is 0.258 e. The van der Waals surface area contributed by atoms with Crippen molar-refractivity contribution in [3.8, 4) is 34.3 Å². The number of aryl methyl sites for hydroxylation is 2. The SMILES string of the molecule is CCCc1cc(-c2nc(-c3cc(Cl)c(OC[C@H](O)CC(O)C(N)=O)c(OC)c3)no2)cc(C)n1. The number of aliphatic hydroxyl groups is 2. The third-order valence-electron chi connectivity index (χ3n) is 4.92. The number of carbonyl (C=O) groups is 1. The van der Waals surface area contributed by atoms with Gasteiger partial charge < -0.3 is 29.9 Å². The molecule has 0 saturated carbocycles. The number of pyridine rings is 1. The van der Waals surface area contributed by atoms with Crippen LogP contribution in [0.2, 0.25) is 5.02 Å². The van der Waals surface area contributed by atoms with Gasteiger partial charge >= 0.3 is 0 Å². The predicted octanol–water partition coefficient (Wildman–Crippen LogP) is 2.70. The number of primary amides is 1. The summed E-state index contributed by atoms with van der Waals surface area (Å²) in [6.07, 6.45) is -1.08. The van der Waals surface area contributed by atoms with Gasteiger partial charge in [-0.25, -0.2) is 0 Å². The molecule has 0 fully saturated rings. The summed E-state index contributed by atoms with van der Waals surface area (Å²) in [5.74, 6) is 0.184. The number of aliphatic hydroxyl groups excluding tert-OH is 2. The number of carbonyl (C=O) groups excluding carboxylic acids is 1. The third-order valence-corrected chi connectivity index (χ3v) is 5.20. The molecule has 4 N–H and O–H groups in total. The summed E-state index contributed by atoms with van der Waals surface area (Å²) in [6, 6.07) is 7.01. The molecule has 1 aromatic carbocycles. The van der Waals surface area contributed by atoms with E-state index in [-0.39, 0.29) is 29.5 Å². The minimum Gasteiger partial charge on any atom is -0.493 e. The van der Waals surface area contributed by atoms with Crippen molar-refractivity contribution < 1.29 is 29.0 Å². The Bertz CT molecular complexity index is 1150. The van der Waals surface area contributed by atoms with Crippen LogP contribution in [0, 0.1) is 6.92 Å². The second-order valence-electron chi connectivity index (χ2n) is 7.77. The Labute approximate surface area is 201 Å². The van der Waals surface area contributed by atoms with Gasteiger partial charge in [0.25, 0.3) is 5.89 Å². The minimum absolute atomic E-state index is 0.179. The number of nitrogens with zero attached hydrogens (tertiary/aromatic N) is 3.